The Balaban J connectivity index is 1.89. The lowest BCUT2D eigenvalue weighted by molar-refractivity contribution is 0.512. The number of halogens is 1. The van der Waals surface area contributed by atoms with E-state index in [0.29, 0.717) is 30.8 Å². The van der Waals surface area contributed by atoms with Crippen LogP contribution < -0.4 is 5.32 Å². The molecule has 0 amide bonds. The molecule has 0 spiro atoms. The van der Waals surface area contributed by atoms with Gasteiger partial charge < -0.3 is 9.73 Å². The van der Waals surface area contributed by atoms with Gasteiger partial charge in [-0.05, 0) is 17.5 Å². The van der Waals surface area contributed by atoms with E-state index in [1.165, 1.54) is 11.1 Å². The van der Waals surface area contributed by atoms with Gasteiger partial charge in [-0.2, -0.15) is 0 Å². The van der Waals surface area contributed by atoms with Crippen molar-refractivity contribution in [2.24, 2.45) is 0 Å². The van der Waals surface area contributed by atoms with Crippen molar-refractivity contribution in [3.05, 3.63) is 41.3 Å². The van der Waals surface area contributed by atoms with Gasteiger partial charge in [0.15, 0.2) is 0 Å². The molecule has 2 aromatic rings. The van der Waals surface area contributed by atoms with Crippen LogP contribution >= 0.6 is 11.6 Å². The maximum absolute atomic E-state index is 5.60. The molecule has 4 nitrogen and oxygen atoms in total. The van der Waals surface area contributed by atoms with E-state index in [-0.39, 0.29) is 0 Å². The molecule has 0 aliphatic rings. The van der Waals surface area contributed by atoms with E-state index in [2.05, 4.69) is 46.7 Å². The summed E-state index contributed by atoms with van der Waals surface area (Å²) >= 11 is 5.60. The summed E-state index contributed by atoms with van der Waals surface area (Å²) in [6.45, 7) is 2.82. The van der Waals surface area contributed by atoms with Crippen molar-refractivity contribution in [1.82, 2.24) is 10.2 Å². The lowest BCUT2D eigenvalue weighted by Gasteiger charge is -2.02. The van der Waals surface area contributed by atoms with Crippen LogP contribution in [0.3, 0.4) is 0 Å². The maximum atomic E-state index is 5.60. The van der Waals surface area contributed by atoms with Crippen LogP contribution in [0.15, 0.2) is 28.7 Å². The second kappa shape index (κ2) is 6.40. The fourth-order valence-corrected chi connectivity index (χ4v) is 1.74. The van der Waals surface area contributed by atoms with Crippen LogP contribution in [0.2, 0.25) is 0 Å². The summed E-state index contributed by atoms with van der Waals surface area (Å²) in [6.07, 6.45) is 1.65. The number of rotatable bonds is 6. The van der Waals surface area contributed by atoms with Gasteiger partial charge in [-0.25, -0.2) is 0 Å². The van der Waals surface area contributed by atoms with Crippen LogP contribution in [0.5, 0.6) is 0 Å². The molecule has 1 aromatic carbocycles. The molecule has 1 heterocycles. The lowest BCUT2D eigenvalue weighted by Crippen LogP contribution is -1.99. The molecule has 2 rings (SSSR count). The van der Waals surface area contributed by atoms with E-state index in [1.54, 1.807) is 0 Å². The lowest BCUT2D eigenvalue weighted by atomic mass is 10.1. The molecule has 0 saturated heterocycles. The molecule has 5 heteroatoms. The van der Waals surface area contributed by atoms with E-state index >= 15 is 0 Å². The minimum atomic E-state index is 0.440. The van der Waals surface area contributed by atoms with Crippen molar-refractivity contribution in [2.45, 2.75) is 26.3 Å². The van der Waals surface area contributed by atoms with Crippen molar-refractivity contribution in [3.63, 3.8) is 0 Å². The minimum Gasteiger partial charge on any atom is -0.408 e. The molecule has 0 aliphatic heterocycles. The highest BCUT2D eigenvalue weighted by atomic mass is 35.5. The first-order valence-electron chi connectivity index (χ1n) is 6.02. The SMILES string of the molecule is CCc1ccc(CNc2nnc(CCCl)o2)cc1. The summed E-state index contributed by atoms with van der Waals surface area (Å²) in [5.41, 5.74) is 2.52. The van der Waals surface area contributed by atoms with Gasteiger partial charge in [0.25, 0.3) is 0 Å². The molecule has 0 fully saturated rings. The maximum Gasteiger partial charge on any atom is 0.315 e. The normalized spacial score (nSPS) is 10.6. The van der Waals surface area contributed by atoms with E-state index in [0.717, 1.165) is 6.42 Å². The van der Waals surface area contributed by atoms with Gasteiger partial charge in [0.2, 0.25) is 5.89 Å². The topological polar surface area (TPSA) is 51.0 Å². The summed E-state index contributed by atoms with van der Waals surface area (Å²) in [7, 11) is 0. The van der Waals surface area contributed by atoms with Gasteiger partial charge in [-0.15, -0.1) is 16.7 Å². The number of nitrogens with one attached hydrogen (secondary N) is 1. The van der Waals surface area contributed by atoms with Crippen molar-refractivity contribution >= 4 is 17.6 Å². The molecule has 18 heavy (non-hydrogen) atoms. The van der Waals surface area contributed by atoms with Gasteiger partial charge in [-0.3, -0.25) is 0 Å². The van der Waals surface area contributed by atoms with Crippen LogP contribution in [0, 0.1) is 0 Å². The molecule has 0 saturated carbocycles. The number of hydrogen-bond acceptors (Lipinski definition) is 4. The molecule has 1 N–H and O–H groups in total. The molecule has 0 radical (unpaired) electrons. The Kier molecular flexibility index (Phi) is 4.59. The van der Waals surface area contributed by atoms with Gasteiger partial charge in [-0.1, -0.05) is 36.3 Å². The number of aromatic nitrogens is 2. The van der Waals surface area contributed by atoms with Crippen molar-refractivity contribution in [2.75, 3.05) is 11.2 Å². The van der Waals surface area contributed by atoms with Crippen LogP contribution in [0.1, 0.15) is 23.9 Å². The number of alkyl halides is 1. The molecule has 1 aromatic heterocycles. The van der Waals surface area contributed by atoms with Gasteiger partial charge in [0.05, 0.1) is 0 Å². The summed E-state index contributed by atoms with van der Waals surface area (Å²) in [5.74, 6) is 1.05. The summed E-state index contributed by atoms with van der Waals surface area (Å²) in [4.78, 5) is 0. The zero-order chi connectivity index (χ0) is 12.8. The van der Waals surface area contributed by atoms with Crippen LogP contribution in [0.25, 0.3) is 0 Å². The Labute approximate surface area is 111 Å². The van der Waals surface area contributed by atoms with Crippen LogP contribution in [0.4, 0.5) is 6.01 Å². The quantitative estimate of drug-likeness (QED) is 0.816. The molecule has 0 aliphatic carbocycles. The van der Waals surface area contributed by atoms with E-state index < -0.39 is 0 Å². The Hall–Kier alpha value is -1.55. The van der Waals surface area contributed by atoms with Crippen LogP contribution in [-0.4, -0.2) is 16.1 Å². The smallest absolute Gasteiger partial charge is 0.315 e. The molecule has 96 valence electrons. The number of hydrogen-bond donors (Lipinski definition) is 1. The summed E-state index contributed by atoms with van der Waals surface area (Å²) in [5, 5.41) is 10.9. The first-order chi connectivity index (χ1) is 8.81. The first-order valence-corrected chi connectivity index (χ1v) is 6.55. The second-order valence-electron chi connectivity index (χ2n) is 3.96. The van der Waals surface area contributed by atoms with Crippen LogP contribution in [-0.2, 0) is 19.4 Å². The Morgan fingerprint density at radius 1 is 1.17 bits per heavy atom. The third kappa shape index (κ3) is 3.47. The molecular weight excluding hydrogens is 250 g/mol. The highest BCUT2D eigenvalue weighted by Crippen LogP contribution is 2.10. The van der Waals surface area contributed by atoms with Gasteiger partial charge in [0, 0.05) is 18.8 Å². The first kappa shape index (κ1) is 12.9. The fourth-order valence-electron chi connectivity index (χ4n) is 1.58. The number of benzene rings is 1. The third-order valence-corrected chi connectivity index (χ3v) is 2.84. The summed E-state index contributed by atoms with van der Waals surface area (Å²) in [6, 6.07) is 8.90. The van der Waals surface area contributed by atoms with Crippen molar-refractivity contribution < 1.29 is 4.42 Å². The highest BCUT2D eigenvalue weighted by molar-refractivity contribution is 6.17. The Morgan fingerprint density at radius 3 is 2.56 bits per heavy atom. The molecular formula is C13H16ClN3O. The predicted octanol–water partition coefficient (Wildman–Crippen LogP) is 3.03. The standard InChI is InChI=1S/C13H16ClN3O/c1-2-10-3-5-11(6-4-10)9-15-13-17-16-12(18-13)7-8-14/h3-6H,2,7-9H2,1H3,(H,15,17). The monoisotopic (exact) mass is 265 g/mol. The Bertz CT molecular complexity index is 481. The Morgan fingerprint density at radius 2 is 1.89 bits per heavy atom. The number of aryl methyl sites for hydroxylation is 2. The van der Waals surface area contributed by atoms with Gasteiger partial charge >= 0.3 is 6.01 Å². The molecule has 0 bridgehead atoms. The van der Waals surface area contributed by atoms with E-state index in [9.17, 15) is 0 Å². The summed E-state index contributed by atoms with van der Waals surface area (Å²) < 4.78 is 5.37. The van der Waals surface area contributed by atoms with Crippen molar-refractivity contribution in [1.29, 1.82) is 0 Å². The highest BCUT2D eigenvalue weighted by Gasteiger charge is 2.04. The number of nitrogens with zero attached hydrogens (tertiary/aromatic N) is 2. The number of anilines is 1. The average Bonchev–Trinajstić information content (AvgIpc) is 2.85. The fraction of sp³-hybridized carbons (Fsp3) is 0.385. The average molecular weight is 266 g/mol. The largest absolute Gasteiger partial charge is 0.408 e. The van der Waals surface area contributed by atoms with Crippen molar-refractivity contribution in [3.8, 4) is 0 Å². The minimum absolute atomic E-state index is 0.440. The third-order valence-electron chi connectivity index (χ3n) is 2.65. The zero-order valence-corrected chi connectivity index (χ0v) is 11.1. The molecule has 0 unspecified atom stereocenters. The zero-order valence-electron chi connectivity index (χ0n) is 10.3. The molecule has 0 atom stereocenters. The second-order valence-corrected chi connectivity index (χ2v) is 4.34. The van der Waals surface area contributed by atoms with E-state index in [4.69, 9.17) is 16.0 Å². The van der Waals surface area contributed by atoms with E-state index in [1.807, 2.05) is 0 Å². The predicted molar refractivity (Wildman–Crippen MR) is 71.9 cm³/mol. The van der Waals surface area contributed by atoms with Gasteiger partial charge in [0.1, 0.15) is 0 Å².